The van der Waals surface area contributed by atoms with Crippen molar-refractivity contribution in [1.82, 2.24) is 10.6 Å². The van der Waals surface area contributed by atoms with E-state index in [0.717, 1.165) is 0 Å². The molecule has 0 spiro atoms. The number of nitrogens with one attached hydrogen (secondary N) is 2. The molecule has 19 heavy (non-hydrogen) atoms. The third-order valence-corrected chi connectivity index (χ3v) is 3.91. The maximum atomic E-state index is 13.0. The van der Waals surface area contributed by atoms with Crippen molar-refractivity contribution >= 4 is 5.91 Å². The average Bonchev–Trinajstić information content (AvgIpc) is 2.52. The summed E-state index contributed by atoms with van der Waals surface area (Å²) in [5.41, 5.74) is 0. The van der Waals surface area contributed by atoms with Gasteiger partial charge in [0.15, 0.2) is 0 Å². The number of carbonyl (C=O) groups is 1. The Hall–Kier alpha value is -0.780. The molecule has 1 rings (SSSR count). The summed E-state index contributed by atoms with van der Waals surface area (Å²) >= 11 is 0. The number of amides is 1. The zero-order valence-electron chi connectivity index (χ0n) is 11.7. The second kappa shape index (κ2) is 6.59. The van der Waals surface area contributed by atoms with Crippen LogP contribution in [0.2, 0.25) is 0 Å². The highest BCUT2D eigenvalue weighted by Crippen LogP contribution is 2.33. The molecule has 3 atom stereocenters. The van der Waals surface area contributed by atoms with Crippen LogP contribution in [-0.4, -0.2) is 31.2 Å². The minimum atomic E-state index is -4.26. The van der Waals surface area contributed by atoms with E-state index < -0.39 is 18.1 Å². The number of halogens is 3. The van der Waals surface area contributed by atoms with E-state index in [1.165, 1.54) is 0 Å². The predicted molar refractivity (Wildman–Crippen MR) is 67.6 cm³/mol. The maximum absolute atomic E-state index is 13.0. The maximum Gasteiger partial charge on any atom is 0.393 e. The Bertz CT molecular complexity index is 305. The van der Waals surface area contributed by atoms with Gasteiger partial charge in [-0.1, -0.05) is 20.8 Å². The first-order valence-corrected chi connectivity index (χ1v) is 6.81. The minimum Gasteiger partial charge on any atom is -0.352 e. The first kappa shape index (κ1) is 16.3. The van der Waals surface area contributed by atoms with E-state index in [1.54, 1.807) is 6.92 Å². The number of carbonyl (C=O) groups excluding carboxylic acids is 1. The van der Waals surface area contributed by atoms with Crippen molar-refractivity contribution in [2.45, 2.75) is 45.8 Å². The molecule has 2 N–H and O–H groups in total. The molecule has 3 nitrogen and oxygen atoms in total. The van der Waals surface area contributed by atoms with Crippen LogP contribution in [0.1, 0.15) is 33.6 Å². The van der Waals surface area contributed by atoms with E-state index in [4.69, 9.17) is 0 Å². The van der Waals surface area contributed by atoms with Crippen molar-refractivity contribution in [3.8, 4) is 0 Å². The fourth-order valence-electron chi connectivity index (χ4n) is 2.22. The molecule has 1 saturated heterocycles. The molecule has 1 aliphatic rings. The molecular weight excluding hydrogens is 257 g/mol. The first-order valence-electron chi connectivity index (χ1n) is 6.81. The largest absolute Gasteiger partial charge is 0.393 e. The Morgan fingerprint density at radius 3 is 2.32 bits per heavy atom. The topological polar surface area (TPSA) is 41.1 Å². The highest BCUT2D eigenvalue weighted by Gasteiger charge is 2.45. The summed E-state index contributed by atoms with van der Waals surface area (Å²) in [5.74, 6) is -1.89. The second-order valence-corrected chi connectivity index (χ2v) is 5.62. The molecule has 1 amide bonds. The van der Waals surface area contributed by atoms with E-state index in [-0.39, 0.29) is 24.2 Å². The van der Waals surface area contributed by atoms with Crippen LogP contribution in [0.15, 0.2) is 0 Å². The lowest BCUT2D eigenvalue weighted by Gasteiger charge is -2.29. The lowest BCUT2D eigenvalue weighted by Crippen LogP contribution is -2.48. The van der Waals surface area contributed by atoms with Gasteiger partial charge in [-0.3, -0.25) is 4.79 Å². The Morgan fingerprint density at radius 2 is 1.79 bits per heavy atom. The highest BCUT2D eigenvalue weighted by molar-refractivity contribution is 5.78. The van der Waals surface area contributed by atoms with Gasteiger partial charge in [0, 0.05) is 12.0 Å². The lowest BCUT2D eigenvalue weighted by molar-refractivity contribution is -0.183. The fraction of sp³-hybridized carbons (Fsp3) is 0.923. The van der Waals surface area contributed by atoms with Crippen LogP contribution >= 0.6 is 0 Å². The van der Waals surface area contributed by atoms with Crippen LogP contribution in [0.5, 0.6) is 0 Å². The van der Waals surface area contributed by atoms with E-state index in [0.29, 0.717) is 19.5 Å². The Labute approximate surface area is 112 Å². The van der Waals surface area contributed by atoms with Crippen LogP contribution in [0.25, 0.3) is 0 Å². The van der Waals surface area contributed by atoms with Gasteiger partial charge in [-0.25, -0.2) is 0 Å². The van der Waals surface area contributed by atoms with Crippen LogP contribution in [0, 0.1) is 17.8 Å². The van der Waals surface area contributed by atoms with Crippen LogP contribution < -0.4 is 10.6 Å². The van der Waals surface area contributed by atoms with Crippen LogP contribution in [0.4, 0.5) is 13.2 Å². The van der Waals surface area contributed by atoms with Crippen molar-refractivity contribution in [1.29, 1.82) is 0 Å². The highest BCUT2D eigenvalue weighted by atomic mass is 19.4. The Balaban J connectivity index is 2.73. The molecule has 0 radical (unpaired) electrons. The molecule has 0 saturated carbocycles. The number of hydrogen-bond donors (Lipinski definition) is 2. The van der Waals surface area contributed by atoms with Gasteiger partial charge in [0.1, 0.15) is 0 Å². The molecule has 3 unspecified atom stereocenters. The van der Waals surface area contributed by atoms with Gasteiger partial charge >= 0.3 is 6.18 Å². The normalized spacial score (nSPS) is 26.9. The smallest absolute Gasteiger partial charge is 0.352 e. The molecule has 1 heterocycles. The average molecular weight is 280 g/mol. The van der Waals surface area contributed by atoms with Crippen molar-refractivity contribution in [3.05, 3.63) is 0 Å². The summed E-state index contributed by atoms with van der Waals surface area (Å²) in [7, 11) is 0. The van der Waals surface area contributed by atoms with E-state index in [1.807, 2.05) is 13.8 Å². The zero-order valence-corrected chi connectivity index (χ0v) is 11.7. The second-order valence-electron chi connectivity index (χ2n) is 5.62. The summed E-state index contributed by atoms with van der Waals surface area (Å²) in [6.07, 6.45) is -3.92. The minimum absolute atomic E-state index is 0.0184. The first-order chi connectivity index (χ1) is 8.73. The number of rotatable bonds is 3. The van der Waals surface area contributed by atoms with Gasteiger partial charge in [-0.05, 0) is 31.8 Å². The molecule has 1 fully saturated rings. The molecule has 0 aromatic carbocycles. The third kappa shape index (κ3) is 4.67. The summed E-state index contributed by atoms with van der Waals surface area (Å²) in [4.78, 5) is 11.9. The molecule has 0 bridgehead atoms. The summed E-state index contributed by atoms with van der Waals surface area (Å²) in [6.45, 7) is 6.38. The zero-order chi connectivity index (χ0) is 14.6. The molecule has 112 valence electrons. The molecule has 0 aliphatic carbocycles. The Morgan fingerprint density at radius 1 is 1.21 bits per heavy atom. The van der Waals surface area contributed by atoms with Gasteiger partial charge in [-0.2, -0.15) is 13.2 Å². The van der Waals surface area contributed by atoms with Crippen molar-refractivity contribution in [2.75, 3.05) is 13.1 Å². The number of alkyl halides is 3. The number of hydrogen-bond acceptors (Lipinski definition) is 2. The molecule has 0 aromatic heterocycles. The van der Waals surface area contributed by atoms with Gasteiger partial charge in [-0.15, -0.1) is 0 Å². The standard InChI is InChI=1S/C13H23F3N2O/c1-8(2)9(3)12(19)18-11-5-7-17-6-4-10(11)13(14,15)16/h8-11,17H,4-7H2,1-3H3,(H,18,19). The van der Waals surface area contributed by atoms with Crippen molar-refractivity contribution < 1.29 is 18.0 Å². The van der Waals surface area contributed by atoms with E-state index in [9.17, 15) is 18.0 Å². The third-order valence-electron chi connectivity index (χ3n) is 3.91. The van der Waals surface area contributed by atoms with Crippen molar-refractivity contribution in [2.24, 2.45) is 17.8 Å². The molecular formula is C13H23F3N2O. The summed E-state index contributed by atoms with van der Waals surface area (Å²) in [6, 6.07) is -0.816. The van der Waals surface area contributed by atoms with Crippen molar-refractivity contribution in [3.63, 3.8) is 0 Å². The van der Waals surface area contributed by atoms with Crippen LogP contribution in [0.3, 0.4) is 0 Å². The molecule has 0 aromatic rings. The Kier molecular flexibility index (Phi) is 5.64. The molecule has 6 heteroatoms. The van der Waals surface area contributed by atoms with E-state index in [2.05, 4.69) is 10.6 Å². The van der Waals surface area contributed by atoms with Gasteiger partial charge in [0.25, 0.3) is 0 Å². The quantitative estimate of drug-likeness (QED) is 0.833. The van der Waals surface area contributed by atoms with Crippen LogP contribution in [-0.2, 0) is 4.79 Å². The monoisotopic (exact) mass is 280 g/mol. The SMILES string of the molecule is CC(C)C(C)C(=O)NC1CCNCCC1C(F)(F)F. The molecule has 1 aliphatic heterocycles. The lowest BCUT2D eigenvalue weighted by atomic mass is 9.92. The summed E-state index contributed by atoms with van der Waals surface area (Å²) < 4.78 is 39.0. The summed E-state index contributed by atoms with van der Waals surface area (Å²) in [5, 5.41) is 5.55. The van der Waals surface area contributed by atoms with E-state index >= 15 is 0 Å². The van der Waals surface area contributed by atoms with Gasteiger partial charge < -0.3 is 10.6 Å². The van der Waals surface area contributed by atoms with Gasteiger partial charge in [0.05, 0.1) is 5.92 Å². The van der Waals surface area contributed by atoms with Gasteiger partial charge in [0.2, 0.25) is 5.91 Å². The predicted octanol–water partition coefficient (Wildman–Crippen LogP) is 2.33. The fourth-order valence-corrected chi connectivity index (χ4v) is 2.22.